The lowest BCUT2D eigenvalue weighted by Gasteiger charge is -2.06. The third kappa shape index (κ3) is 2.85. The fourth-order valence-electron chi connectivity index (χ4n) is 1.96. The number of ether oxygens (including phenoxy) is 1. The van der Waals surface area contributed by atoms with E-state index in [4.69, 9.17) is 4.74 Å². The van der Waals surface area contributed by atoms with Crippen LogP contribution >= 0.6 is 11.3 Å². The summed E-state index contributed by atoms with van der Waals surface area (Å²) >= 11 is 1.45. The van der Waals surface area contributed by atoms with Crippen LogP contribution in [0.2, 0.25) is 0 Å². The minimum absolute atomic E-state index is 0.208. The van der Waals surface area contributed by atoms with Crippen molar-refractivity contribution in [2.75, 3.05) is 12.4 Å². The Morgan fingerprint density at radius 1 is 1.24 bits per heavy atom. The number of nitrogens with one attached hydrogen (secondary N) is 1. The van der Waals surface area contributed by atoms with Gasteiger partial charge < -0.3 is 10.1 Å². The zero-order chi connectivity index (χ0) is 14.8. The van der Waals surface area contributed by atoms with Crippen molar-refractivity contribution in [1.29, 1.82) is 0 Å². The van der Waals surface area contributed by atoms with E-state index >= 15 is 0 Å². The number of amides is 1. The van der Waals surface area contributed by atoms with E-state index in [9.17, 15) is 4.79 Å². The smallest absolute Gasteiger partial charge is 0.275 e. The molecular weight excluding hydrogens is 286 g/mol. The minimum atomic E-state index is -0.208. The Balaban J connectivity index is 1.86. The second-order valence-electron chi connectivity index (χ2n) is 4.47. The van der Waals surface area contributed by atoms with Crippen LogP contribution in [0.3, 0.4) is 0 Å². The van der Waals surface area contributed by atoms with Crippen molar-refractivity contribution < 1.29 is 9.53 Å². The molecule has 1 N–H and O–H groups in total. The molecule has 0 saturated heterocycles. The fraction of sp³-hybridized carbons (Fsp3) is 0.133. The standard InChI is InChI=1S/C15H13N3O2S/c1-9-16-13(8-21-9)15(19)17-11-4-5-12-10(7-11)3-6-14(18-12)20-2/h3-8H,1-2H3,(H,17,19). The number of anilines is 1. The lowest BCUT2D eigenvalue weighted by Crippen LogP contribution is -2.12. The Hall–Kier alpha value is -2.47. The molecule has 0 saturated carbocycles. The van der Waals surface area contributed by atoms with Crippen molar-refractivity contribution in [2.24, 2.45) is 0 Å². The van der Waals surface area contributed by atoms with Crippen molar-refractivity contribution >= 4 is 33.8 Å². The number of methoxy groups -OCH3 is 1. The van der Waals surface area contributed by atoms with Crippen molar-refractivity contribution in [1.82, 2.24) is 9.97 Å². The first-order valence-corrected chi connectivity index (χ1v) is 7.22. The van der Waals surface area contributed by atoms with Gasteiger partial charge in [-0.1, -0.05) is 0 Å². The first kappa shape index (κ1) is 13.5. The molecule has 0 aliphatic rings. The number of pyridine rings is 1. The van der Waals surface area contributed by atoms with E-state index in [2.05, 4.69) is 15.3 Å². The second kappa shape index (κ2) is 5.49. The predicted octanol–water partition coefficient (Wildman–Crippen LogP) is 3.26. The number of rotatable bonds is 3. The average Bonchev–Trinajstić information content (AvgIpc) is 2.93. The molecule has 21 heavy (non-hydrogen) atoms. The van der Waals surface area contributed by atoms with Crippen LogP contribution in [0.4, 0.5) is 5.69 Å². The van der Waals surface area contributed by atoms with Crippen LogP contribution in [0.25, 0.3) is 10.9 Å². The maximum Gasteiger partial charge on any atom is 0.275 e. The number of nitrogens with zero attached hydrogens (tertiary/aromatic N) is 2. The van der Waals surface area contributed by atoms with Gasteiger partial charge in [0, 0.05) is 22.5 Å². The number of hydrogen-bond donors (Lipinski definition) is 1. The molecule has 0 bridgehead atoms. The number of benzene rings is 1. The average molecular weight is 299 g/mol. The predicted molar refractivity (Wildman–Crippen MR) is 83.1 cm³/mol. The molecule has 0 atom stereocenters. The summed E-state index contributed by atoms with van der Waals surface area (Å²) in [4.78, 5) is 20.6. The van der Waals surface area contributed by atoms with Crippen LogP contribution < -0.4 is 10.1 Å². The third-order valence-corrected chi connectivity index (χ3v) is 3.76. The van der Waals surface area contributed by atoms with Gasteiger partial charge in [0.15, 0.2) is 0 Å². The van der Waals surface area contributed by atoms with Crippen LogP contribution in [0, 0.1) is 6.92 Å². The van der Waals surface area contributed by atoms with Gasteiger partial charge in [-0.05, 0) is 31.2 Å². The van der Waals surface area contributed by atoms with Crippen molar-refractivity contribution in [3.8, 4) is 5.88 Å². The number of carbonyl (C=O) groups is 1. The summed E-state index contributed by atoms with van der Waals surface area (Å²) in [6.07, 6.45) is 0. The van der Waals surface area contributed by atoms with E-state index in [1.807, 2.05) is 31.2 Å². The lowest BCUT2D eigenvalue weighted by molar-refractivity contribution is 0.102. The molecule has 0 unspecified atom stereocenters. The molecule has 3 rings (SSSR count). The van der Waals surface area contributed by atoms with Crippen LogP contribution in [-0.2, 0) is 0 Å². The van der Waals surface area contributed by atoms with Crippen LogP contribution in [0.1, 0.15) is 15.5 Å². The Kier molecular flexibility index (Phi) is 3.53. The molecule has 1 aromatic carbocycles. The van der Waals surface area contributed by atoms with E-state index in [-0.39, 0.29) is 5.91 Å². The van der Waals surface area contributed by atoms with E-state index in [1.54, 1.807) is 18.6 Å². The maximum absolute atomic E-state index is 12.1. The number of aryl methyl sites for hydroxylation is 1. The molecule has 2 heterocycles. The summed E-state index contributed by atoms with van der Waals surface area (Å²) in [6.45, 7) is 1.87. The van der Waals surface area contributed by atoms with E-state index in [0.29, 0.717) is 17.3 Å². The summed E-state index contributed by atoms with van der Waals surface area (Å²) in [5, 5.41) is 6.39. The number of aromatic nitrogens is 2. The Labute approximate surface area is 125 Å². The topological polar surface area (TPSA) is 64.1 Å². The highest BCUT2D eigenvalue weighted by Gasteiger charge is 2.10. The SMILES string of the molecule is COc1ccc2cc(NC(=O)c3csc(C)n3)ccc2n1. The maximum atomic E-state index is 12.1. The minimum Gasteiger partial charge on any atom is -0.481 e. The van der Waals surface area contributed by atoms with Gasteiger partial charge in [0.1, 0.15) is 5.69 Å². The summed E-state index contributed by atoms with van der Waals surface area (Å²) < 4.78 is 5.09. The van der Waals surface area contributed by atoms with E-state index in [1.165, 1.54) is 11.3 Å². The molecule has 3 aromatic rings. The Morgan fingerprint density at radius 3 is 2.81 bits per heavy atom. The summed E-state index contributed by atoms with van der Waals surface area (Å²) in [6, 6.07) is 9.23. The molecule has 0 spiro atoms. The molecule has 0 aliphatic carbocycles. The highest BCUT2D eigenvalue weighted by atomic mass is 32.1. The van der Waals surface area contributed by atoms with Gasteiger partial charge >= 0.3 is 0 Å². The highest BCUT2D eigenvalue weighted by molar-refractivity contribution is 7.09. The summed E-state index contributed by atoms with van der Waals surface area (Å²) in [7, 11) is 1.58. The zero-order valence-corrected chi connectivity index (χ0v) is 12.4. The molecule has 0 fully saturated rings. The van der Waals surface area contributed by atoms with Crippen LogP contribution in [0.5, 0.6) is 5.88 Å². The molecule has 1 amide bonds. The fourth-order valence-corrected chi connectivity index (χ4v) is 2.55. The highest BCUT2D eigenvalue weighted by Crippen LogP contribution is 2.21. The van der Waals surface area contributed by atoms with Crippen molar-refractivity contribution in [3.63, 3.8) is 0 Å². The van der Waals surface area contributed by atoms with Gasteiger partial charge in [-0.3, -0.25) is 4.79 Å². The Morgan fingerprint density at radius 2 is 2.10 bits per heavy atom. The molecular formula is C15H13N3O2S. The normalized spacial score (nSPS) is 10.6. The van der Waals surface area contributed by atoms with Crippen LogP contribution in [0.15, 0.2) is 35.7 Å². The number of carbonyl (C=O) groups excluding carboxylic acids is 1. The third-order valence-electron chi connectivity index (χ3n) is 2.98. The van der Waals surface area contributed by atoms with E-state index < -0.39 is 0 Å². The Bertz CT molecular complexity index is 814. The zero-order valence-electron chi connectivity index (χ0n) is 11.6. The van der Waals surface area contributed by atoms with E-state index in [0.717, 1.165) is 15.9 Å². The molecule has 0 radical (unpaired) electrons. The molecule has 0 aliphatic heterocycles. The molecule has 6 heteroatoms. The number of hydrogen-bond acceptors (Lipinski definition) is 5. The number of thiazole rings is 1. The molecule has 106 valence electrons. The van der Waals surface area contributed by atoms with Gasteiger partial charge in [0.25, 0.3) is 5.91 Å². The molecule has 5 nitrogen and oxygen atoms in total. The monoisotopic (exact) mass is 299 g/mol. The van der Waals surface area contributed by atoms with Gasteiger partial charge in [0.05, 0.1) is 17.6 Å². The van der Waals surface area contributed by atoms with Gasteiger partial charge in [-0.25, -0.2) is 9.97 Å². The summed E-state index contributed by atoms with van der Waals surface area (Å²) in [5.41, 5.74) is 1.97. The van der Waals surface area contributed by atoms with Crippen molar-refractivity contribution in [2.45, 2.75) is 6.92 Å². The van der Waals surface area contributed by atoms with Gasteiger partial charge in [-0.15, -0.1) is 11.3 Å². The van der Waals surface area contributed by atoms with Crippen molar-refractivity contribution in [3.05, 3.63) is 46.4 Å². The van der Waals surface area contributed by atoms with Gasteiger partial charge in [-0.2, -0.15) is 0 Å². The first-order chi connectivity index (χ1) is 10.2. The first-order valence-electron chi connectivity index (χ1n) is 6.34. The van der Waals surface area contributed by atoms with Crippen LogP contribution in [-0.4, -0.2) is 23.0 Å². The summed E-state index contributed by atoms with van der Waals surface area (Å²) in [5.74, 6) is 0.359. The largest absolute Gasteiger partial charge is 0.481 e. The number of fused-ring (bicyclic) bond motifs is 1. The second-order valence-corrected chi connectivity index (χ2v) is 5.53. The quantitative estimate of drug-likeness (QED) is 0.806. The lowest BCUT2D eigenvalue weighted by atomic mass is 10.2. The molecule has 2 aromatic heterocycles. The van der Waals surface area contributed by atoms with Gasteiger partial charge in [0.2, 0.25) is 5.88 Å².